The molecule has 0 bridgehead atoms. The molecule has 2 aliphatic rings. The Bertz CT molecular complexity index is 1280. The monoisotopic (exact) mass is 561 g/mol. The van der Waals surface area contributed by atoms with Crippen LogP contribution in [0.15, 0.2) is 24.3 Å². The number of rotatable bonds is 7. The molecule has 3 amide bonds. The van der Waals surface area contributed by atoms with E-state index in [9.17, 15) is 28.3 Å². The molecule has 0 spiro atoms. The van der Waals surface area contributed by atoms with E-state index in [0.29, 0.717) is 47.0 Å². The van der Waals surface area contributed by atoms with Crippen molar-refractivity contribution in [3.8, 4) is 0 Å². The predicted molar refractivity (Wildman–Crippen MR) is 149 cm³/mol. The molecule has 2 heterocycles. The van der Waals surface area contributed by atoms with E-state index in [2.05, 4.69) is 10.6 Å². The number of hydrogen-bond acceptors (Lipinski definition) is 7. The molecule has 1 atom stereocenters. The van der Waals surface area contributed by atoms with Crippen LogP contribution in [0.5, 0.6) is 0 Å². The first-order chi connectivity index (χ1) is 18.7. The summed E-state index contributed by atoms with van der Waals surface area (Å²) in [6.45, 7) is 9.88. The summed E-state index contributed by atoms with van der Waals surface area (Å²) < 4.78 is 32.9. The van der Waals surface area contributed by atoms with Crippen molar-refractivity contribution in [1.82, 2.24) is 5.32 Å². The highest BCUT2D eigenvalue weighted by atomic mass is 19.1. The molecule has 0 unspecified atom stereocenters. The van der Waals surface area contributed by atoms with Gasteiger partial charge in [-0.2, -0.15) is 0 Å². The number of nitrogens with two attached hydrogens (primary N) is 1. The van der Waals surface area contributed by atoms with Crippen molar-refractivity contribution in [1.29, 1.82) is 0 Å². The average Bonchev–Trinajstić information content (AvgIpc) is 3.35. The van der Waals surface area contributed by atoms with Gasteiger partial charge in [0, 0.05) is 37.6 Å². The smallest absolute Gasteiger partial charge is 0.407 e. The van der Waals surface area contributed by atoms with Gasteiger partial charge in [0.1, 0.15) is 17.2 Å². The highest BCUT2D eigenvalue weighted by Crippen LogP contribution is 2.34. The number of carbonyl (C=O) groups is 3. The number of nitrogens with one attached hydrogen (secondary N) is 2. The lowest BCUT2D eigenvalue weighted by atomic mass is 10.1. The topological polar surface area (TPSA) is 137 Å². The summed E-state index contributed by atoms with van der Waals surface area (Å²) in [5.74, 6) is -1.07. The third kappa shape index (κ3) is 7.38. The van der Waals surface area contributed by atoms with Crippen molar-refractivity contribution >= 4 is 40.7 Å². The van der Waals surface area contributed by atoms with Crippen LogP contribution in [0.25, 0.3) is 0 Å². The van der Waals surface area contributed by atoms with E-state index in [0.717, 1.165) is 0 Å². The highest BCUT2D eigenvalue weighted by Gasteiger charge is 2.30. The van der Waals surface area contributed by atoms with Crippen LogP contribution in [0.3, 0.4) is 0 Å². The number of ether oxygens (including phenoxy) is 1. The van der Waals surface area contributed by atoms with Gasteiger partial charge in [-0.1, -0.05) is 0 Å². The van der Waals surface area contributed by atoms with Gasteiger partial charge in [-0.05, 0) is 70.0 Å². The van der Waals surface area contributed by atoms with Gasteiger partial charge in [0.25, 0.3) is 0 Å². The second-order valence-electron chi connectivity index (χ2n) is 10.5. The molecule has 0 aliphatic carbocycles. The van der Waals surface area contributed by atoms with Gasteiger partial charge < -0.3 is 36.0 Å². The van der Waals surface area contributed by atoms with Crippen LogP contribution in [0.2, 0.25) is 0 Å². The molecule has 4 rings (SSSR count). The first-order valence-corrected chi connectivity index (χ1v) is 13.1. The van der Waals surface area contributed by atoms with Crippen LogP contribution in [-0.2, 0) is 27.2 Å². The molecular weight excluding hydrogens is 524 g/mol. The fourth-order valence-corrected chi connectivity index (χ4v) is 4.57. The van der Waals surface area contributed by atoms with Gasteiger partial charge in [-0.25, -0.2) is 13.6 Å². The van der Waals surface area contributed by atoms with Crippen LogP contribution in [0.1, 0.15) is 45.7 Å². The number of hydrogen-bond donors (Lipinski definition) is 4. The lowest BCUT2D eigenvalue weighted by Crippen LogP contribution is -2.39. The van der Waals surface area contributed by atoms with Crippen molar-refractivity contribution in [3.63, 3.8) is 0 Å². The number of carbonyl (C=O) groups excluding carboxylic acids is 3. The average molecular weight is 562 g/mol. The molecule has 10 nitrogen and oxygen atoms in total. The minimum Gasteiger partial charge on any atom is -0.444 e. The Kier molecular flexibility index (Phi) is 9.56. The minimum absolute atomic E-state index is 0.00255. The minimum atomic E-state index is -0.882. The zero-order chi connectivity index (χ0) is 29.8. The third-order valence-electron chi connectivity index (χ3n) is 6.19. The maximum atomic E-state index is 14.3. The molecule has 2 aromatic rings. The zero-order valence-electron chi connectivity index (χ0n) is 23.4. The molecule has 0 fully saturated rings. The van der Waals surface area contributed by atoms with Crippen molar-refractivity contribution in [2.24, 2.45) is 0 Å². The van der Waals surface area contributed by atoms with Gasteiger partial charge in [0.15, 0.2) is 0 Å². The number of alkyl carbamates (subject to hydrolysis) is 1. The Morgan fingerprint density at radius 2 is 1.50 bits per heavy atom. The summed E-state index contributed by atoms with van der Waals surface area (Å²) in [6, 6.07) is 5.92. The molecule has 2 aromatic carbocycles. The number of nitrogen functional groups attached to an aromatic ring is 1. The predicted octanol–water partition coefficient (Wildman–Crippen LogP) is 3.35. The van der Waals surface area contributed by atoms with E-state index >= 15 is 0 Å². The molecule has 0 saturated carbocycles. The molecule has 12 heteroatoms. The number of anilines is 4. The number of amides is 3. The van der Waals surface area contributed by atoms with Crippen molar-refractivity contribution in [2.45, 2.75) is 59.2 Å². The molecular formula is C28H37F2N5O5. The number of fused-ring (bicyclic) bond motifs is 2. The standard InChI is InChI=1S/C18H26FN3O4.C10H11FN2O/c1-5-22-15(24)7-11-6-12(8-14(19)16(11)22)20-9-13(23)10-21-17(25)26-18(2,3)4;1-2-13-9(14)4-6-3-7(12)5-8(11)10(6)13/h6,8,13,20,23H,5,7,9-10H2,1-4H3,(H,21,25);3,5H,2,4,12H2,1H3/t13-;/m1./s1. The van der Waals surface area contributed by atoms with Gasteiger partial charge in [0.05, 0.1) is 30.3 Å². The van der Waals surface area contributed by atoms with Gasteiger partial charge in [-0.15, -0.1) is 0 Å². The largest absolute Gasteiger partial charge is 0.444 e. The van der Waals surface area contributed by atoms with Crippen molar-refractivity contribution in [2.75, 3.05) is 47.0 Å². The summed E-state index contributed by atoms with van der Waals surface area (Å²) in [7, 11) is 0. The van der Waals surface area contributed by atoms with Crippen LogP contribution < -0.4 is 26.2 Å². The van der Waals surface area contributed by atoms with Crippen LogP contribution >= 0.6 is 0 Å². The van der Waals surface area contributed by atoms with E-state index in [1.165, 1.54) is 21.9 Å². The van der Waals surface area contributed by atoms with Crippen LogP contribution in [0, 0.1) is 11.6 Å². The van der Waals surface area contributed by atoms with Crippen LogP contribution in [-0.4, -0.2) is 60.9 Å². The molecule has 5 N–H and O–H groups in total. The molecule has 0 aromatic heterocycles. The molecule has 0 saturated heterocycles. The van der Waals surface area contributed by atoms with Crippen LogP contribution in [0.4, 0.5) is 36.3 Å². The lowest BCUT2D eigenvalue weighted by Gasteiger charge is -2.21. The van der Waals surface area contributed by atoms with Crippen molar-refractivity contribution in [3.05, 3.63) is 47.0 Å². The van der Waals surface area contributed by atoms with E-state index in [1.54, 1.807) is 39.8 Å². The Morgan fingerprint density at radius 3 is 2.02 bits per heavy atom. The van der Waals surface area contributed by atoms with E-state index in [4.69, 9.17) is 10.5 Å². The first-order valence-electron chi connectivity index (χ1n) is 13.1. The Morgan fingerprint density at radius 1 is 0.975 bits per heavy atom. The second-order valence-corrected chi connectivity index (χ2v) is 10.5. The summed E-state index contributed by atoms with van der Waals surface area (Å²) in [5.41, 5.74) is 7.76. The Hall–Kier alpha value is -3.93. The zero-order valence-corrected chi connectivity index (χ0v) is 23.4. The number of likely N-dealkylation sites (N-methyl/N-ethyl adjacent to an activating group) is 2. The van der Waals surface area contributed by atoms with E-state index < -0.39 is 29.4 Å². The fraction of sp³-hybridized carbons (Fsp3) is 0.464. The molecule has 218 valence electrons. The quantitative estimate of drug-likeness (QED) is 0.381. The molecule has 40 heavy (non-hydrogen) atoms. The molecule has 2 aliphatic heterocycles. The highest BCUT2D eigenvalue weighted by molar-refractivity contribution is 6.02. The van der Waals surface area contributed by atoms with E-state index in [-0.39, 0.29) is 37.7 Å². The Labute approximate surface area is 232 Å². The van der Waals surface area contributed by atoms with Gasteiger partial charge in [-0.3, -0.25) is 9.59 Å². The number of aliphatic hydroxyl groups is 1. The number of benzene rings is 2. The lowest BCUT2D eigenvalue weighted by molar-refractivity contribution is -0.118. The normalized spacial score (nSPS) is 14.8. The summed E-state index contributed by atoms with van der Waals surface area (Å²) in [5, 5.41) is 15.3. The summed E-state index contributed by atoms with van der Waals surface area (Å²) in [6.07, 6.45) is -1.07. The number of aliphatic hydroxyl groups excluding tert-OH is 1. The number of nitrogens with zero attached hydrogens (tertiary/aromatic N) is 2. The summed E-state index contributed by atoms with van der Waals surface area (Å²) in [4.78, 5) is 37.8. The molecule has 0 radical (unpaired) electrons. The number of halogens is 2. The third-order valence-corrected chi connectivity index (χ3v) is 6.19. The summed E-state index contributed by atoms with van der Waals surface area (Å²) >= 11 is 0. The van der Waals surface area contributed by atoms with E-state index in [1.807, 2.05) is 6.92 Å². The van der Waals surface area contributed by atoms with Gasteiger partial charge in [0.2, 0.25) is 11.8 Å². The first kappa shape index (κ1) is 30.6. The Balaban J connectivity index is 0.000000263. The second kappa shape index (κ2) is 12.5. The maximum absolute atomic E-state index is 14.3. The van der Waals surface area contributed by atoms with Crippen molar-refractivity contribution < 1.29 is 33.0 Å². The van der Waals surface area contributed by atoms with Gasteiger partial charge >= 0.3 is 6.09 Å². The maximum Gasteiger partial charge on any atom is 0.407 e. The fourth-order valence-electron chi connectivity index (χ4n) is 4.57. The SMILES string of the molecule is CCN1C(=O)Cc2cc(N)cc(F)c21.CCN1C(=O)Cc2cc(NC[C@@H](O)CNC(=O)OC(C)(C)C)cc(F)c21.